The molecule has 0 saturated carbocycles. The van der Waals surface area contributed by atoms with E-state index in [4.69, 9.17) is 4.52 Å². The molecule has 152 valence electrons. The maximum absolute atomic E-state index is 12.6. The van der Waals surface area contributed by atoms with Crippen molar-refractivity contribution in [3.8, 4) is 0 Å². The maximum atomic E-state index is 12.6. The van der Waals surface area contributed by atoms with Crippen molar-refractivity contribution >= 4 is 11.6 Å². The van der Waals surface area contributed by atoms with Crippen molar-refractivity contribution in [2.45, 2.75) is 32.6 Å². The molecule has 1 aromatic heterocycles. The van der Waals surface area contributed by atoms with Gasteiger partial charge in [0.05, 0.1) is 17.3 Å². The molecule has 1 atom stereocenters. The van der Waals surface area contributed by atoms with Gasteiger partial charge in [0.25, 0.3) is 0 Å². The van der Waals surface area contributed by atoms with Gasteiger partial charge >= 0.3 is 6.18 Å². The highest BCUT2D eigenvalue weighted by Gasteiger charge is 2.30. The molecule has 1 aromatic carbocycles. The minimum absolute atomic E-state index is 0.236. The van der Waals surface area contributed by atoms with E-state index in [1.807, 2.05) is 13.0 Å². The number of nitrogens with zero attached hydrogens (tertiary/aromatic N) is 3. The van der Waals surface area contributed by atoms with E-state index >= 15 is 0 Å². The van der Waals surface area contributed by atoms with E-state index < -0.39 is 11.7 Å². The van der Waals surface area contributed by atoms with Gasteiger partial charge in [0.1, 0.15) is 5.76 Å². The second-order valence-electron chi connectivity index (χ2n) is 6.98. The Kier molecular flexibility index (Phi) is 6.04. The molecule has 9 heteroatoms. The van der Waals surface area contributed by atoms with Gasteiger partial charge in [0.2, 0.25) is 5.91 Å². The first-order chi connectivity index (χ1) is 13.2. The molecule has 6 nitrogen and oxygen atoms in total. The van der Waals surface area contributed by atoms with Crippen molar-refractivity contribution in [2.24, 2.45) is 0 Å². The second kappa shape index (κ2) is 8.32. The van der Waals surface area contributed by atoms with Crippen LogP contribution < -0.4 is 5.32 Å². The zero-order chi connectivity index (χ0) is 20.3. The number of carbonyl (C=O) groups excluding carboxylic acids is 1. The van der Waals surface area contributed by atoms with Crippen LogP contribution in [0.1, 0.15) is 23.9 Å². The van der Waals surface area contributed by atoms with Gasteiger partial charge in [0, 0.05) is 44.5 Å². The molecule has 2 heterocycles. The largest absolute Gasteiger partial charge is 0.416 e. The summed E-state index contributed by atoms with van der Waals surface area (Å²) in [4.78, 5) is 16.8. The lowest BCUT2D eigenvalue weighted by molar-refractivity contribution is -0.137. The Morgan fingerprint density at radius 3 is 2.39 bits per heavy atom. The lowest BCUT2D eigenvalue weighted by atomic mass is 10.1. The van der Waals surface area contributed by atoms with Crippen LogP contribution in [0.5, 0.6) is 0 Å². The van der Waals surface area contributed by atoms with Crippen molar-refractivity contribution in [1.29, 1.82) is 0 Å². The van der Waals surface area contributed by atoms with Gasteiger partial charge in [-0.05, 0) is 38.1 Å². The highest BCUT2D eigenvalue weighted by Crippen LogP contribution is 2.29. The van der Waals surface area contributed by atoms with Gasteiger partial charge in [-0.15, -0.1) is 0 Å². The number of hydrogen-bond acceptors (Lipinski definition) is 5. The molecule has 0 unspecified atom stereocenters. The molecule has 1 saturated heterocycles. The first kappa shape index (κ1) is 20.3. The zero-order valence-corrected chi connectivity index (χ0v) is 15.8. The predicted octanol–water partition coefficient (Wildman–Crippen LogP) is 3.15. The smallest absolute Gasteiger partial charge is 0.361 e. The van der Waals surface area contributed by atoms with Gasteiger partial charge in [-0.25, -0.2) is 0 Å². The summed E-state index contributed by atoms with van der Waals surface area (Å²) in [5.41, 5.74) is 0.501. The van der Waals surface area contributed by atoms with Crippen molar-refractivity contribution in [3.05, 3.63) is 47.3 Å². The van der Waals surface area contributed by atoms with E-state index in [-0.39, 0.29) is 11.9 Å². The summed E-state index contributed by atoms with van der Waals surface area (Å²) in [6, 6.07) is 6.00. The number of rotatable bonds is 5. The number of nitrogens with one attached hydrogen (secondary N) is 1. The molecule has 0 aliphatic carbocycles. The molecule has 3 rings (SSSR count). The Morgan fingerprint density at radius 2 is 1.86 bits per heavy atom. The Morgan fingerprint density at radius 1 is 1.21 bits per heavy atom. The summed E-state index contributed by atoms with van der Waals surface area (Å²) in [5.74, 6) is 0.544. The molecule has 1 fully saturated rings. The number of benzene rings is 1. The van der Waals surface area contributed by atoms with Gasteiger partial charge in [-0.3, -0.25) is 14.6 Å². The minimum atomic E-state index is -4.39. The van der Waals surface area contributed by atoms with Crippen molar-refractivity contribution in [2.75, 3.05) is 31.5 Å². The lowest BCUT2D eigenvalue weighted by Crippen LogP contribution is -2.52. The molecule has 0 spiro atoms. The summed E-state index contributed by atoms with van der Waals surface area (Å²) in [6.07, 6.45) is -4.39. The van der Waals surface area contributed by atoms with E-state index in [1.54, 1.807) is 6.92 Å². The molecule has 1 aliphatic heterocycles. The number of hydrogen-bond donors (Lipinski definition) is 1. The highest BCUT2D eigenvalue weighted by atomic mass is 19.4. The van der Waals surface area contributed by atoms with Gasteiger partial charge < -0.3 is 9.84 Å². The third-order valence-corrected chi connectivity index (χ3v) is 4.88. The molecule has 28 heavy (non-hydrogen) atoms. The number of halogens is 3. The number of carbonyl (C=O) groups is 1. The van der Waals surface area contributed by atoms with Crippen LogP contribution >= 0.6 is 0 Å². The number of amides is 1. The SMILES string of the molecule is Cc1cc(CN2CCN([C@H](C)C(=O)Nc3ccc(C(F)(F)F)cc3)CC2)no1. The quantitative estimate of drug-likeness (QED) is 0.841. The fraction of sp³-hybridized carbons (Fsp3) is 0.474. The molecule has 0 radical (unpaired) electrons. The maximum Gasteiger partial charge on any atom is 0.416 e. The molecular weight excluding hydrogens is 373 g/mol. The standard InChI is InChI=1S/C19H23F3N4O2/c1-13-11-17(24-28-13)12-25-7-9-26(10-8-25)14(2)18(27)23-16-5-3-15(4-6-16)19(20,21)22/h3-6,11,14H,7-10,12H2,1-2H3,(H,23,27)/t14-/m1/s1. The third kappa shape index (κ3) is 5.11. The number of anilines is 1. The van der Waals surface area contributed by atoms with Crippen LogP contribution in [0.25, 0.3) is 0 Å². The summed E-state index contributed by atoms with van der Waals surface area (Å²) in [7, 11) is 0. The zero-order valence-electron chi connectivity index (χ0n) is 15.8. The summed E-state index contributed by atoms with van der Waals surface area (Å²) in [5, 5.41) is 6.68. The minimum Gasteiger partial charge on any atom is -0.361 e. The molecule has 1 aliphatic rings. The predicted molar refractivity (Wildman–Crippen MR) is 97.6 cm³/mol. The van der Waals surface area contributed by atoms with E-state index in [0.717, 1.165) is 49.8 Å². The monoisotopic (exact) mass is 396 g/mol. The molecule has 2 aromatic rings. The average Bonchev–Trinajstić information content (AvgIpc) is 3.06. The van der Waals surface area contributed by atoms with E-state index in [0.29, 0.717) is 12.2 Å². The van der Waals surface area contributed by atoms with Crippen molar-refractivity contribution < 1.29 is 22.5 Å². The lowest BCUT2D eigenvalue weighted by Gasteiger charge is -2.37. The van der Waals surface area contributed by atoms with Crippen LogP contribution in [0.15, 0.2) is 34.9 Å². The van der Waals surface area contributed by atoms with Crippen LogP contribution in [0.3, 0.4) is 0 Å². The van der Waals surface area contributed by atoms with Crippen molar-refractivity contribution in [1.82, 2.24) is 15.0 Å². The Bertz CT molecular complexity index is 796. The van der Waals surface area contributed by atoms with E-state index in [9.17, 15) is 18.0 Å². The first-order valence-electron chi connectivity index (χ1n) is 9.09. The summed E-state index contributed by atoms with van der Waals surface area (Å²) >= 11 is 0. The van der Waals surface area contributed by atoms with Gasteiger partial charge in [-0.2, -0.15) is 13.2 Å². The van der Waals surface area contributed by atoms with E-state index in [1.165, 1.54) is 12.1 Å². The number of aromatic nitrogens is 1. The number of piperazine rings is 1. The van der Waals surface area contributed by atoms with E-state index in [2.05, 4.69) is 20.3 Å². The van der Waals surface area contributed by atoms with Crippen molar-refractivity contribution in [3.63, 3.8) is 0 Å². The fourth-order valence-corrected chi connectivity index (χ4v) is 3.19. The average molecular weight is 396 g/mol. The fourth-order valence-electron chi connectivity index (χ4n) is 3.19. The second-order valence-corrected chi connectivity index (χ2v) is 6.98. The summed E-state index contributed by atoms with van der Waals surface area (Å²) < 4.78 is 42.9. The highest BCUT2D eigenvalue weighted by molar-refractivity contribution is 5.94. The number of aryl methyl sites for hydroxylation is 1. The Labute approximate surface area is 161 Å². The van der Waals surface area contributed by atoms with Crippen LogP contribution in [0.2, 0.25) is 0 Å². The summed E-state index contributed by atoms with van der Waals surface area (Å²) in [6.45, 7) is 7.39. The van der Waals surface area contributed by atoms with Crippen LogP contribution in [-0.2, 0) is 17.5 Å². The molecular formula is C19H23F3N4O2. The van der Waals surface area contributed by atoms with Crippen LogP contribution in [0, 0.1) is 6.92 Å². The third-order valence-electron chi connectivity index (χ3n) is 4.88. The molecule has 1 N–H and O–H groups in total. The van der Waals surface area contributed by atoms with Gasteiger partial charge in [0.15, 0.2) is 0 Å². The van der Waals surface area contributed by atoms with Crippen LogP contribution in [-0.4, -0.2) is 53.1 Å². The van der Waals surface area contributed by atoms with Gasteiger partial charge in [-0.1, -0.05) is 5.16 Å². The molecule has 1 amide bonds. The number of alkyl halides is 3. The van der Waals surface area contributed by atoms with Crippen LogP contribution in [0.4, 0.5) is 18.9 Å². The Hall–Kier alpha value is -2.39. The topological polar surface area (TPSA) is 61.6 Å². The normalized spacial score (nSPS) is 17.5. The molecule has 0 bridgehead atoms. The Balaban J connectivity index is 1.49. The first-order valence-corrected chi connectivity index (χ1v) is 9.09.